The molecule has 25 heavy (non-hydrogen) atoms. The predicted octanol–water partition coefficient (Wildman–Crippen LogP) is 7.27. The maximum Gasteiger partial charge on any atom is 0.0682 e. The van der Waals surface area contributed by atoms with Gasteiger partial charge in [-0.05, 0) is 46.9 Å². The van der Waals surface area contributed by atoms with Crippen molar-refractivity contribution in [3.05, 3.63) is 53.6 Å². The average molecular weight is 339 g/mol. The largest absolute Gasteiger partial charge is 0.392 e. The van der Waals surface area contributed by atoms with Crippen molar-refractivity contribution in [2.75, 3.05) is 0 Å². The maximum atomic E-state index is 9.21. The monoisotopic (exact) mass is 338 g/mol. The van der Waals surface area contributed by atoms with Crippen LogP contribution in [0.4, 0.5) is 0 Å². The summed E-state index contributed by atoms with van der Waals surface area (Å²) in [7, 11) is 0. The molecule has 0 atom stereocenters. The maximum absolute atomic E-state index is 9.21. The van der Waals surface area contributed by atoms with Gasteiger partial charge >= 0.3 is 0 Å². The van der Waals surface area contributed by atoms with Crippen LogP contribution in [0.15, 0.2) is 42.5 Å². The second-order valence-corrected chi connectivity index (χ2v) is 7.12. The van der Waals surface area contributed by atoms with Crippen LogP contribution in [0.25, 0.3) is 16.8 Å². The summed E-state index contributed by atoms with van der Waals surface area (Å²) in [4.78, 5) is 0. The van der Waals surface area contributed by atoms with Gasteiger partial charge in [-0.2, -0.15) is 0 Å². The topological polar surface area (TPSA) is 20.2 Å². The molecule has 0 amide bonds. The van der Waals surface area contributed by atoms with Crippen LogP contribution < -0.4 is 0 Å². The molecule has 0 saturated carbocycles. The number of allylic oxidation sites excluding steroid dienone is 1. The van der Waals surface area contributed by atoms with Crippen molar-refractivity contribution in [3.8, 4) is 0 Å². The van der Waals surface area contributed by atoms with Crippen LogP contribution in [0, 0.1) is 0 Å². The lowest BCUT2D eigenvalue weighted by molar-refractivity contribution is 0.282. The van der Waals surface area contributed by atoms with Gasteiger partial charge in [-0.15, -0.1) is 0 Å². The Hall–Kier alpha value is -1.60. The van der Waals surface area contributed by atoms with Gasteiger partial charge in [0.15, 0.2) is 0 Å². The standard InChI is InChI=1S/C24H34O/c1-2-3-4-5-6-7-8-9-10-11-12-13-21-14-16-24-19-22(20-25)15-17-23(24)18-21/h12-19,25H,2-11,20H2,1H3. The fourth-order valence-corrected chi connectivity index (χ4v) is 3.31. The van der Waals surface area contributed by atoms with Crippen molar-refractivity contribution in [1.82, 2.24) is 0 Å². The van der Waals surface area contributed by atoms with Gasteiger partial charge < -0.3 is 5.11 Å². The van der Waals surface area contributed by atoms with E-state index in [1.165, 1.54) is 80.5 Å². The van der Waals surface area contributed by atoms with E-state index < -0.39 is 0 Å². The summed E-state index contributed by atoms with van der Waals surface area (Å²) in [5.41, 5.74) is 2.24. The Morgan fingerprint density at radius 3 is 2.12 bits per heavy atom. The molecule has 0 aliphatic heterocycles. The molecular weight excluding hydrogens is 304 g/mol. The molecule has 2 rings (SSSR count). The minimum Gasteiger partial charge on any atom is -0.392 e. The highest BCUT2D eigenvalue weighted by molar-refractivity contribution is 5.85. The molecule has 0 aromatic heterocycles. The van der Waals surface area contributed by atoms with E-state index in [1.54, 1.807) is 0 Å². The molecule has 0 aliphatic carbocycles. The van der Waals surface area contributed by atoms with E-state index in [9.17, 15) is 5.11 Å². The third kappa shape index (κ3) is 7.44. The molecule has 2 aromatic carbocycles. The number of rotatable bonds is 12. The van der Waals surface area contributed by atoms with Crippen LogP contribution in [-0.2, 0) is 6.61 Å². The van der Waals surface area contributed by atoms with Crippen molar-refractivity contribution < 1.29 is 5.11 Å². The first-order valence-electron chi connectivity index (χ1n) is 10.1. The van der Waals surface area contributed by atoms with Crippen molar-refractivity contribution in [2.24, 2.45) is 0 Å². The lowest BCUT2D eigenvalue weighted by Crippen LogP contribution is -1.83. The Kier molecular flexibility index (Phi) is 9.36. The zero-order valence-corrected chi connectivity index (χ0v) is 15.8. The summed E-state index contributed by atoms with van der Waals surface area (Å²) in [6.45, 7) is 2.38. The van der Waals surface area contributed by atoms with Crippen molar-refractivity contribution in [3.63, 3.8) is 0 Å². The highest BCUT2D eigenvalue weighted by Gasteiger charge is 1.97. The van der Waals surface area contributed by atoms with Crippen molar-refractivity contribution >= 4 is 16.8 Å². The Labute approximate surface area is 153 Å². The highest BCUT2D eigenvalue weighted by Crippen LogP contribution is 2.19. The first-order chi connectivity index (χ1) is 12.3. The Morgan fingerprint density at radius 1 is 0.760 bits per heavy atom. The van der Waals surface area contributed by atoms with Gasteiger partial charge in [0.1, 0.15) is 0 Å². The zero-order chi connectivity index (χ0) is 17.7. The fraction of sp³-hybridized carbons (Fsp3) is 0.500. The minimum atomic E-state index is 0.107. The van der Waals surface area contributed by atoms with Gasteiger partial charge in [-0.3, -0.25) is 0 Å². The summed E-state index contributed by atoms with van der Waals surface area (Å²) in [5.74, 6) is 0. The Morgan fingerprint density at radius 2 is 1.40 bits per heavy atom. The Balaban J connectivity index is 1.64. The van der Waals surface area contributed by atoms with Gasteiger partial charge in [0.25, 0.3) is 0 Å². The second-order valence-electron chi connectivity index (χ2n) is 7.12. The molecule has 1 nitrogen and oxygen atoms in total. The van der Waals surface area contributed by atoms with Crippen LogP contribution in [0.1, 0.15) is 82.3 Å². The third-order valence-electron chi connectivity index (χ3n) is 4.90. The molecule has 136 valence electrons. The SMILES string of the molecule is CCCCCCCCCCCC=Cc1ccc2cc(CO)ccc2c1. The first kappa shape index (κ1) is 19.7. The number of hydrogen-bond acceptors (Lipinski definition) is 1. The van der Waals surface area contributed by atoms with Gasteiger partial charge in [0, 0.05) is 0 Å². The number of fused-ring (bicyclic) bond motifs is 1. The predicted molar refractivity (Wildman–Crippen MR) is 111 cm³/mol. The lowest BCUT2D eigenvalue weighted by atomic mass is 10.0. The molecule has 0 fully saturated rings. The van der Waals surface area contributed by atoms with Crippen LogP contribution in [0.3, 0.4) is 0 Å². The smallest absolute Gasteiger partial charge is 0.0682 e. The Bertz CT molecular complexity index is 642. The van der Waals surface area contributed by atoms with E-state index in [4.69, 9.17) is 0 Å². The number of aliphatic hydroxyl groups excluding tert-OH is 1. The number of aliphatic hydroxyl groups is 1. The van der Waals surface area contributed by atoms with E-state index in [1.807, 2.05) is 6.07 Å². The molecule has 0 heterocycles. The quantitative estimate of drug-likeness (QED) is 0.403. The number of benzene rings is 2. The summed E-state index contributed by atoms with van der Waals surface area (Å²) < 4.78 is 0. The zero-order valence-electron chi connectivity index (χ0n) is 15.8. The van der Waals surface area contributed by atoms with Crippen molar-refractivity contribution in [2.45, 2.75) is 77.7 Å². The number of unbranched alkanes of at least 4 members (excludes halogenated alkanes) is 9. The molecule has 1 heteroatoms. The van der Waals surface area contributed by atoms with E-state index in [-0.39, 0.29) is 6.61 Å². The third-order valence-corrected chi connectivity index (χ3v) is 4.90. The van der Waals surface area contributed by atoms with Gasteiger partial charge in [0.05, 0.1) is 6.61 Å². The molecule has 0 unspecified atom stereocenters. The minimum absolute atomic E-state index is 0.107. The van der Waals surface area contributed by atoms with E-state index in [2.05, 4.69) is 49.4 Å². The molecule has 0 spiro atoms. The molecule has 0 saturated heterocycles. The van der Waals surface area contributed by atoms with Crippen LogP contribution in [0.2, 0.25) is 0 Å². The van der Waals surface area contributed by atoms with Gasteiger partial charge in [0.2, 0.25) is 0 Å². The number of hydrogen-bond donors (Lipinski definition) is 1. The van der Waals surface area contributed by atoms with Gasteiger partial charge in [-0.25, -0.2) is 0 Å². The summed E-state index contributed by atoms with van der Waals surface area (Å²) >= 11 is 0. The molecule has 1 N–H and O–H groups in total. The summed E-state index contributed by atoms with van der Waals surface area (Å²) in [6.07, 6.45) is 18.2. The lowest BCUT2D eigenvalue weighted by Gasteiger charge is -2.03. The first-order valence-corrected chi connectivity index (χ1v) is 10.1. The van der Waals surface area contributed by atoms with Crippen LogP contribution >= 0.6 is 0 Å². The van der Waals surface area contributed by atoms with Crippen LogP contribution in [-0.4, -0.2) is 5.11 Å². The summed E-state index contributed by atoms with van der Waals surface area (Å²) in [6, 6.07) is 12.7. The molecular formula is C24H34O. The molecule has 2 aromatic rings. The van der Waals surface area contributed by atoms with E-state index >= 15 is 0 Å². The van der Waals surface area contributed by atoms with E-state index in [0.717, 1.165) is 5.56 Å². The summed E-state index contributed by atoms with van der Waals surface area (Å²) in [5, 5.41) is 11.6. The average Bonchev–Trinajstić information content (AvgIpc) is 2.65. The fourth-order valence-electron chi connectivity index (χ4n) is 3.31. The molecule has 0 aliphatic rings. The molecule has 0 radical (unpaired) electrons. The van der Waals surface area contributed by atoms with Crippen LogP contribution in [0.5, 0.6) is 0 Å². The van der Waals surface area contributed by atoms with E-state index in [0.29, 0.717) is 0 Å². The highest BCUT2D eigenvalue weighted by atomic mass is 16.3. The second kappa shape index (κ2) is 11.9. The van der Waals surface area contributed by atoms with Gasteiger partial charge in [-0.1, -0.05) is 94.7 Å². The normalized spacial score (nSPS) is 11.6. The molecule has 0 bridgehead atoms. The van der Waals surface area contributed by atoms with Crippen molar-refractivity contribution in [1.29, 1.82) is 0 Å².